The summed E-state index contributed by atoms with van der Waals surface area (Å²) in [5.74, 6) is 0. The van der Waals surface area contributed by atoms with Gasteiger partial charge in [-0.25, -0.2) is 0 Å². The van der Waals surface area contributed by atoms with Gasteiger partial charge in [-0.3, -0.25) is 4.90 Å². The van der Waals surface area contributed by atoms with Crippen LogP contribution < -0.4 is 5.32 Å². The maximum Gasteiger partial charge on any atom is 0.401 e. The number of alkyl halides is 3. The third kappa shape index (κ3) is 2.39. The van der Waals surface area contributed by atoms with Crippen LogP contribution in [0.2, 0.25) is 0 Å². The first-order valence-corrected chi connectivity index (χ1v) is 5.09. The van der Waals surface area contributed by atoms with Gasteiger partial charge in [-0.05, 0) is 25.8 Å². The van der Waals surface area contributed by atoms with Gasteiger partial charge in [0.2, 0.25) is 0 Å². The second-order valence-electron chi connectivity index (χ2n) is 4.22. The molecule has 5 heteroatoms. The van der Waals surface area contributed by atoms with E-state index in [1.165, 1.54) is 0 Å². The van der Waals surface area contributed by atoms with Gasteiger partial charge < -0.3 is 5.32 Å². The van der Waals surface area contributed by atoms with Crippen LogP contribution in [-0.4, -0.2) is 42.8 Å². The monoisotopic (exact) mass is 208 g/mol. The Hall–Kier alpha value is -0.290. The standard InChI is InChI=1S/C9H15F3N2/c10-9(11,12)6-14-5-7-1-2-8(14)3-4-13-7/h7-8,13H,1-6H2. The summed E-state index contributed by atoms with van der Waals surface area (Å²) in [4.78, 5) is 1.59. The van der Waals surface area contributed by atoms with Crippen LogP contribution in [0.25, 0.3) is 0 Å². The first-order chi connectivity index (χ1) is 6.54. The molecule has 0 aliphatic carbocycles. The summed E-state index contributed by atoms with van der Waals surface area (Å²) in [6.45, 7) is 0.684. The average Bonchev–Trinajstić information content (AvgIpc) is 2.34. The highest BCUT2D eigenvalue weighted by Gasteiger charge is 2.38. The van der Waals surface area contributed by atoms with Crippen LogP contribution >= 0.6 is 0 Å². The maximum absolute atomic E-state index is 12.2. The van der Waals surface area contributed by atoms with Gasteiger partial charge in [0.25, 0.3) is 0 Å². The van der Waals surface area contributed by atoms with Gasteiger partial charge in [0, 0.05) is 18.6 Å². The highest BCUT2D eigenvalue weighted by atomic mass is 19.4. The number of nitrogens with one attached hydrogen (secondary N) is 1. The molecule has 0 amide bonds. The molecule has 0 radical (unpaired) electrons. The molecule has 14 heavy (non-hydrogen) atoms. The zero-order valence-electron chi connectivity index (χ0n) is 7.98. The molecule has 0 aromatic heterocycles. The minimum Gasteiger partial charge on any atom is -0.313 e. The second kappa shape index (κ2) is 3.70. The summed E-state index contributed by atoms with van der Waals surface area (Å²) >= 11 is 0. The van der Waals surface area contributed by atoms with E-state index in [0.29, 0.717) is 6.54 Å². The fourth-order valence-electron chi connectivity index (χ4n) is 2.47. The quantitative estimate of drug-likeness (QED) is 0.700. The maximum atomic E-state index is 12.2. The van der Waals surface area contributed by atoms with E-state index < -0.39 is 12.7 Å². The molecule has 0 spiro atoms. The van der Waals surface area contributed by atoms with Crippen molar-refractivity contribution in [3.05, 3.63) is 0 Å². The molecule has 0 saturated carbocycles. The van der Waals surface area contributed by atoms with Crippen molar-refractivity contribution in [1.29, 1.82) is 0 Å². The van der Waals surface area contributed by atoms with Crippen LogP contribution in [0.1, 0.15) is 19.3 Å². The van der Waals surface area contributed by atoms with Crippen LogP contribution in [0, 0.1) is 0 Å². The average molecular weight is 208 g/mol. The molecular formula is C9H15F3N2. The number of hydrogen-bond donors (Lipinski definition) is 1. The van der Waals surface area contributed by atoms with Crippen molar-refractivity contribution in [1.82, 2.24) is 10.2 Å². The van der Waals surface area contributed by atoms with Crippen molar-refractivity contribution in [3.63, 3.8) is 0 Å². The molecule has 3 aliphatic rings. The lowest BCUT2D eigenvalue weighted by Gasteiger charge is -2.36. The lowest BCUT2D eigenvalue weighted by atomic mass is 9.99. The number of piperidine rings is 1. The van der Waals surface area contributed by atoms with Crippen molar-refractivity contribution < 1.29 is 13.2 Å². The first kappa shape index (κ1) is 10.2. The van der Waals surface area contributed by atoms with E-state index in [0.717, 1.165) is 25.8 Å². The SMILES string of the molecule is FC(F)(F)CN1CC2CCC1CCN2. The number of hydrogen-bond acceptors (Lipinski definition) is 2. The van der Waals surface area contributed by atoms with Gasteiger partial charge in [0.15, 0.2) is 0 Å². The Kier molecular flexibility index (Phi) is 2.70. The summed E-state index contributed by atoms with van der Waals surface area (Å²) in [6, 6.07) is 0.416. The fourth-order valence-corrected chi connectivity index (χ4v) is 2.47. The van der Waals surface area contributed by atoms with Crippen molar-refractivity contribution in [2.75, 3.05) is 19.6 Å². The van der Waals surface area contributed by atoms with E-state index in [1.807, 2.05) is 0 Å². The predicted molar refractivity (Wildman–Crippen MR) is 47.1 cm³/mol. The largest absolute Gasteiger partial charge is 0.401 e. The molecule has 0 aromatic carbocycles. The Bertz CT molecular complexity index is 201. The second-order valence-corrected chi connectivity index (χ2v) is 4.22. The normalized spacial score (nSPS) is 34.5. The van der Waals surface area contributed by atoms with Gasteiger partial charge in [0.05, 0.1) is 6.54 Å². The molecule has 2 nitrogen and oxygen atoms in total. The topological polar surface area (TPSA) is 15.3 Å². The van der Waals surface area contributed by atoms with E-state index in [-0.39, 0.29) is 12.1 Å². The molecule has 3 rings (SSSR count). The van der Waals surface area contributed by atoms with E-state index in [1.54, 1.807) is 4.90 Å². The van der Waals surface area contributed by atoms with Gasteiger partial charge in [-0.1, -0.05) is 0 Å². The van der Waals surface area contributed by atoms with E-state index in [2.05, 4.69) is 5.32 Å². The molecule has 3 saturated heterocycles. The van der Waals surface area contributed by atoms with Crippen LogP contribution in [0.4, 0.5) is 13.2 Å². The van der Waals surface area contributed by atoms with Crippen LogP contribution in [-0.2, 0) is 0 Å². The molecule has 1 N–H and O–H groups in total. The summed E-state index contributed by atoms with van der Waals surface area (Å²) in [6.07, 6.45) is -1.26. The zero-order chi connectivity index (χ0) is 10.2. The number of rotatable bonds is 1. The molecule has 82 valence electrons. The Morgan fingerprint density at radius 3 is 2.71 bits per heavy atom. The van der Waals surface area contributed by atoms with Crippen molar-refractivity contribution in [3.8, 4) is 0 Å². The highest BCUT2D eigenvalue weighted by molar-refractivity contribution is 4.90. The van der Waals surface area contributed by atoms with E-state index in [4.69, 9.17) is 0 Å². The van der Waals surface area contributed by atoms with Crippen molar-refractivity contribution in [2.45, 2.75) is 37.5 Å². The van der Waals surface area contributed by atoms with E-state index in [9.17, 15) is 13.2 Å². The molecule has 2 atom stereocenters. The van der Waals surface area contributed by atoms with Gasteiger partial charge in [0.1, 0.15) is 0 Å². The number of fused-ring (bicyclic) bond motifs is 4. The van der Waals surface area contributed by atoms with Crippen molar-refractivity contribution >= 4 is 0 Å². The van der Waals surface area contributed by atoms with Crippen LogP contribution in [0.15, 0.2) is 0 Å². The molecule has 0 aromatic rings. The summed E-state index contributed by atoms with van der Waals surface area (Å²) < 4.78 is 36.7. The molecule has 3 aliphatic heterocycles. The lowest BCUT2D eigenvalue weighted by Crippen LogP contribution is -2.49. The Morgan fingerprint density at radius 2 is 2.00 bits per heavy atom. The highest BCUT2D eigenvalue weighted by Crippen LogP contribution is 2.27. The third-order valence-electron chi connectivity index (χ3n) is 3.11. The Morgan fingerprint density at radius 1 is 1.21 bits per heavy atom. The Labute approximate surface area is 81.5 Å². The van der Waals surface area contributed by atoms with E-state index >= 15 is 0 Å². The summed E-state index contributed by atoms with van der Waals surface area (Å²) in [5.41, 5.74) is 0. The minimum atomic E-state index is -4.05. The smallest absolute Gasteiger partial charge is 0.313 e. The van der Waals surface area contributed by atoms with Gasteiger partial charge >= 0.3 is 6.18 Å². The molecule has 2 bridgehead atoms. The number of halogens is 3. The molecular weight excluding hydrogens is 193 g/mol. The van der Waals surface area contributed by atoms with Crippen LogP contribution in [0.5, 0.6) is 0 Å². The molecule has 3 heterocycles. The minimum absolute atomic E-state index is 0.142. The van der Waals surface area contributed by atoms with Gasteiger partial charge in [-0.2, -0.15) is 13.2 Å². The van der Waals surface area contributed by atoms with Gasteiger partial charge in [-0.15, -0.1) is 0 Å². The zero-order valence-corrected chi connectivity index (χ0v) is 7.98. The molecule has 3 fully saturated rings. The van der Waals surface area contributed by atoms with Crippen molar-refractivity contribution in [2.24, 2.45) is 0 Å². The van der Waals surface area contributed by atoms with Crippen LogP contribution in [0.3, 0.4) is 0 Å². The summed E-state index contributed by atoms with van der Waals surface area (Å²) in [5, 5.41) is 3.28. The molecule has 2 unspecified atom stereocenters. The predicted octanol–water partition coefficient (Wildman–Crippen LogP) is 1.37. The Balaban J connectivity index is 1.99. The summed E-state index contributed by atoms with van der Waals surface area (Å²) in [7, 11) is 0. The fraction of sp³-hybridized carbons (Fsp3) is 1.00. The lowest BCUT2D eigenvalue weighted by molar-refractivity contribution is -0.153. The first-order valence-electron chi connectivity index (χ1n) is 5.09. The third-order valence-corrected chi connectivity index (χ3v) is 3.11. The number of nitrogens with zero attached hydrogens (tertiary/aromatic N) is 1.